The molecule has 0 aromatic carbocycles. The van der Waals surface area contributed by atoms with Gasteiger partial charge in [0, 0.05) is 25.0 Å². The molecule has 0 radical (unpaired) electrons. The van der Waals surface area contributed by atoms with E-state index in [1.165, 1.54) is 0 Å². The minimum Gasteiger partial charge on any atom is -0.392 e. The number of alkyl halides is 1. The smallest absolute Gasteiger partial charge is 0.0679 e. The van der Waals surface area contributed by atoms with Crippen molar-refractivity contribution in [2.45, 2.75) is 24.8 Å². The van der Waals surface area contributed by atoms with Crippen molar-refractivity contribution in [2.75, 3.05) is 19.6 Å². The molecule has 2 atom stereocenters. The number of nitrogens with zero attached hydrogens (tertiary/aromatic N) is 1. The average molecular weight is 164 g/mol. The van der Waals surface area contributed by atoms with Crippen molar-refractivity contribution in [2.24, 2.45) is 0 Å². The van der Waals surface area contributed by atoms with Gasteiger partial charge in [-0.2, -0.15) is 0 Å². The number of aliphatic hydroxyl groups excluding tert-OH is 1. The highest BCUT2D eigenvalue weighted by Gasteiger charge is 2.20. The van der Waals surface area contributed by atoms with Crippen molar-refractivity contribution in [1.29, 1.82) is 0 Å². The standard InChI is InChI=1S/C7H14ClNO/c1-6(8)4-9-3-2-7(10)5-9/h6-7,10H,2-5H2,1H3/t6?,7-/m1/s1. The first-order valence-corrected chi connectivity index (χ1v) is 4.16. The lowest BCUT2D eigenvalue weighted by molar-refractivity contribution is 0.177. The summed E-state index contributed by atoms with van der Waals surface area (Å²) in [5.41, 5.74) is 0. The maximum atomic E-state index is 9.13. The largest absolute Gasteiger partial charge is 0.392 e. The summed E-state index contributed by atoms with van der Waals surface area (Å²) in [4.78, 5) is 2.20. The van der Waals surface area contributed by atoms with Gasteiger partial charge in [0.15, 0.2) is 0 Å². The number of aliphatic hydroxyl groups is 1. The van der Waals surface area contributed by atoms with E-state index >= 15 is 0 Å². The molecule has 0 aromatic heterocycles. The Morgan fingerprint density at radius 1 is 1.80 bits per heavy atom. The van der Waals surface area contributed by atoms with Gasteiger partial charge in [-0.25, -0.2) is 0 Å². The van der Waals surface area contributed by atoms with Gasteiger partial charge in [0.2, 0.25) is 0 Å². The summed E-state index contributed by atoms with van der Waals surface area (Å²) in [7, 11) is 0. The van der Waals surface area contributed by atoms with Gasteiger partial charge in [-0.05, 0) is 13.3 Å². The van der Waals surface area contributed by atoms with Gasteiger partial charge >= 0.3 is 0 Å². The fraction of sp³-hybridized carbons (Fsp3) is 1.00. The van der Waals surface area contributed by atoms with Crippen LogP contribution in [0.3, 0.4) is 0 Å². The van der Waals surface area contributed by atoms with Crippen LogP contribution in [-0.4, -0.2) is 41.1 Å². The van der Waals surface area contributed by atoms with E-state index in [0.717, 1.165) is 26.1 Å². The number of rotatable bonds is 2. The van der Waals surface area contributed by atoms with Crippen LogP contribution in [0.4, 0.5) is 0 Å². The van der Waals surface area contributed by atoms with Crippen LogP contribution < -0.4 is 0 Å². The summed E-state index contributed by atoms with van der Waals surface area (Å²) in [5, 5.41) is 9.33. The van der Waals surface area contributed by atoms with E-state index in [2.05, 4.69) is 4.90 Å². The predicted molar refractivity (Wildman–Crippen MR) is 42.4 cm³/mol. The van der Waals surface area contributed by atoms with E-state index in [4.69, 9.17) is 16.7 Å². The summed E-state index contributed by atoms with van der Waals surface area (Å²) < 4.78 is 0. The number of hydrogen-bond acceptors (Lipinski definition) is 2. The number of likely N-dealkylation sites (tertiary alicyclic amines) is 1. The minimum atomic E-state index is -0.115. The van der Waals surface area contributed by atoms with Gasteiger partial charge in [0.1, 0.15) is 0 Å². The normalized spacial score (nSPS) is 30.9. The van der Waals surface area contributed by atoms with Gasteiger partial charge in [-0.1, -0.05) is 0 Å². The van der Waals surface area contributed by atoms with Crippen LogP contribution in [0, 0.1) is 0 Å². The fourth-order valence-electron chi connectivity index (χ4n) is 1.33. The van der Waals surface area contributed by atoms with Gasteiger partial charge in [-0.15, -0.1) is 11.6 Å². The molecule has 1 unspecified atom stereocenters. The van der Waals surface area contributed by atoms with Crippen molar-refractivity contribution < 1.29 is 5.11 Å². The second-order valence-corrected chi connectivity index (χ2v) is 3.73. The Hall–Kier alpha value is 0.210. The molecule has 1 N–H and O–H groups in total. The Bertz CT molecular complexity index is 108. The molecule has 1 heterocycles. The number of β-amino-alcohol motifs (C(OH)–C–C–N with tert-alkyl or cyclic N) is 1. The molecule has 2 nitrogen and oxygen atoms in total. The van der Waals surface area contributed by atoms with Crippen molar-refractivity contribution in [3.63, 3.8) is 0 Å². The van der Waals surface area contributed by atoms with E-state index in [-0.39, 0.29) is 11.5 Å². The molecule has 0 amide bonds. The molecular weight excluding hydrogens is 150 g/mol. The van der Waals surface area contributed by atoms with Crippen LogP contribution >= 0.6 is 11.6 Å². The van der Waals surface area contributed by atoms with Crippen LogP contribution in [0.2, 0.25) is 0 Å². The molecule has 0 aliphatic carbocycles. The zero-order chi connectivity index (χ0) is 7.56. The van der Waals surface area contributed by atoms with Gasteiger partial charge in [0.25, 0.3) is 0 Å². The Morgan fingerprint density at radius 3 is 2.90 bits per heavy atom. The van der Waals surface area contributed by atoms with E-state index in [0.29, 0.717) is 0 Å². The molecule has 1 saturated heterocycles. The molecule has 60 valence electrons. The lowest BCUT2D eigenvalue weighted by Crippen LogP contribution is -2.27. The third-order valence-electron chi connectivity index (χ3n) is 1.76. The molecular formula is C7H14ClNO. The summed E-state index contributed by atoms with van der Waals surface area (Å²) in [6.45, 7) is 4.68. The zero-order valence-electron chi connectivity index (χ0n) is 6.26. The molecule has 1 aliphatic rings. The lowest BCUT2D eigenvalue weighted by Gasteiger charge is -2.15. The molecule has 3 heteroatoms. The molecule has 0 spiro atoms. The molecule has 1 fully saturated rings. The highest BCUT2D eigenvalue weighted by atomic mass is 35.5. The second-order valence-electron chi connectivity index (χ2n) is 2.98. The van der Waals surface area contributed by atoms with Crippen molar-refractivity contribution >= 4 is 11.6 Å². The van der Waals surface area contributed by atoms with E-state index in [1.807, 2.05) is 6.92 Å². The van der Waals surface area contributed by atoms with Crippen LogP contribution in [0.15, 0.2) is 0 Å². The van der Waals surface area contributed by atoms with Crippen molar-refractivity contribution in [3.8, 4) is 0 Å². The molecule has 0 saturated carbocycles. The first kappa shape index (κ1) is 8.31. The van der Waals surface area contributed by atoms with Gasteiger partial charge in [-0.3, -0.25) is 4.90 Å². The zero-order valence-corrected chi connectivity index (χ0v) is 7.01. The highest BCUT2D eigenvalue weighted by Crippen LogP contribution is 2.10. The summed E-state index contributed by atoms with van der Waals surface area (Å²) in [6, 6.07) is 0. The summed E-state index contributed by atoms with van der Waals surface area (Å²) >= 11 is 5.78. The van der Waals surface area contributed by atoms with E-state index in [9.17, 15) is 0 Å². The maximum absolute atomic E-state index is 9.13. The van der Waals surface area contributed by atoms with Gasteiger partial charge in [0.05, 0.1) is 6.10 Å². The predicted octanol–water partition coefficient (Wildman–Crippen LogP) is 0.680. The summed E-state index contributed by atoms with van der Waals surface area (Å²) in [5.74, 6) is 0. The number of hydrogen-bond donors (Lipinski definition) is 1. The fourth-order valence-corrected chi connectivity index (χ4v) is 1.53. The molecule has 1 rings (SSSR count). The van der Waals surface area contributed by atoms with E-state index < -0.39 is 0 Å². The first-order valence-electron chi connectivity index (χ1n) is 3.73. The molecule has 0 aromatic rings. The van der Waals surface area contributed by atoms with Gasteiger partial charge < -0.3 is 5.11 Å². The monoisotopic (exact) mass is 163 g/mol. The Balaban J connectivity index is 2.18. The SMILES string of the molecule is CC(Cl)CN1CC[C@@H](O)C1. The molecule has 10 heavy (non-hydrogen) atoms. The number of halogens is 1. The van der Waals surface area contributed by atoms with Crippen LogP contribution in [0.25, 0.3) is 0 Å². The Kier molecular flexibility index (Phi) is 2.96. The minimum absolute atomic E-state index is 0.115. The maximum Gasteiger partial charge on any atom is 0.0679 e. The van der Waals surface area contributed by atoms with Crippen LogP contribution in [0.5, 0.6) is 0 Å². The van der Waals surface area contributed by atoms with E-state index in [1.54, 1.807) is 0 Å². The quantitative estimate of drug-likeness (QED) is 0.606. The lowest BCUT2D eigenvalue weighted by atomic mass is 10.3. The topological polar surface area (TPSA) is 23.5 Å². The third kappa shape index (κ3) is 2.45. The van der Waals surface area contributed by atoms with Crippen molar-refractivity contribution in [3.05, 3.63) is 0 Å². The molecule has 0 bridgehead atoms. The van der Waals surface area contributed by atoms with Crippen molar-refractivity contribution in [1.82, 2.24) is 4.90 Å². The Morgan fingerprint density at radius 2 is 2.50 bits per heavy atom. The Labute approximate surface area is 66.8 Å². The summed E-state index contributed by atoms with van der Waals surface area (Å²) in [6.07, 6.45) is 0.791. The average Bonchev–Trinajstić information content (AvgIpc) is 2.13. The second kappa shape index (κ2) is 3.56. The highest BCUT2D eigenvalue weighted by molar-refractivity contribution is 6.20. The third-order valence-corrected chi connectivity index (χ3v) is 1.90. The van der Waals surface area contributed by atoms with Crippen LogP contribution in [-0.2, 0) is 0 Å². The first-order chi connectivity index (χ1) is 4.68. The van der Waals surface area contributed by atoms with Crippen LogP contribution in [0.1, 0.15) is 13.3 Å². The molecule has 1 aliphatic heterocycles.